The lowest BCUT2D eigenvalue weighted by molar-refractivity contribution is 0.0920. The van der Waals surface area contributed by atoms with Gasteiger partial charge in [0.15, 0.2) is 5.76 Å². The maximum atomic E-state index is 13.1. The second-order valence-corrected chi connectivity index (χ2v) is 8.19. The molecule has 1 fully saturated rings. The summed E-state index contributed by atoms with van der Waals surface area (Å²) in [5.41, 5.74) is 0.0882. The molecule has 0 atom stereocenters. The van der Waals surface area contributed by atoms with Crippen molar-refractivity contribution in [2.45, 2.75) is 12.8 Å². The molecule has 22 heavy (non-hydrogen) atoms. The first kappa shape index (κ1) is 15.0. The summed E-state index contributed by atoms with van der Waals surface area (Å²) in [5.74, 6) is -0.650. The van der Waals surface area contributed by atoms with E-state index >= 15 is 0 Å². The van der Waals surface area contributed by atoms with Crippen LogP contribution in [0, 0.1) is 11.2 Å². The van der Waals surface area contributed by atoms with Crippen molar-refractivity contribution in [3.05, 3.63) is 35.8 Å². The first-order valence-corrected chi connectivity index (χ1v) is 8.98. The molecule has 1 saturated carbocycles. The van der Waals surface area contributed by atoms with Crippen molar-refractivity contribution in [1.29, 1.82) is 0 Å². The molecule has 118 valence electrons. The Kier molecular flexibility index (Phi) is 3.47. The van der Waals surface area contributed by atoms with Crippen molar-refractivity contribution >= 4 is 26.7 Å². The molecular weight excluding hydrogens is 309 g/mol. The van der Waals surface area contributed by atoms with E-state index in [4.69, 9.17) is 4.42 Å². The van der Waals surface area contributed by atoms with Gasteiger partial charge in [-0.3, -0.25) is 4.79 Å². The van der Waals surface area contributed by atoms with Gasteiger partial charge in [0.25, 0.3) is 5.91 Å². The van der Waals surface area contributed by atoms with Crippen molar-refractivity contribution in [2.24, 2.45) is 5.41 Å². The quantitative estimate of drug-likeness (QED) is 0.913. The van der Waals surface area contributed by atoms with Crippen LogP contribution in [0.5, 0.6) is 0 Å². The molecule has 0 bridgehead atoms. The molecule has 0 spiro atoms. The Morgan fingerprint density at radius 1 is 1.36 bits per heavy atom. The fourth-order valence-electron chi connectivity index (χ4n) is 2.59. The minimum atomic E-state index is -3.07. The Balaban J connectivity index is 1.69. The van der Waals surface area contributed by atoms with Gasteiger partial charge < -0.3 is 9.73 Å². The van der Waals surface area contributed by atoms with Crippen LogP contribution < -0.4 is 5.32 Å². The van der Waals surface area contributed by atoms with Crippen LogP contribution in [-0.2, 0) is 9.84 Å². The number of benzene rings is 1. The third-order valence-corrected chi connectivity index (χ3v) is 4.99. The largest absolute Gasteiger partial charge is 0.451 e. The van der Waals surface area contributed by atoms with Gasteiger partial charge in [0, 0.05) is 23.6 Å². The topological polar surface area (TPSA) is 76.4 Å². The van der Waals surface area contributed by atoms with E-state index in [0.717, 1.165) is 12.8 Å². The summed E-state index contributed by atoms with van der Waals surface area (Å²) < 4.78 is 41.3. The van der Waals surface area contributed by atoms with Gasteiger partial charge in [-0.05, 0) is 37.1 Å². The summed E-state index contributed by atoms with van der Waals surface area (Å²) in [6.45, 7) is 0.296. The Hall–Kier alpha value is -1.89. The lowest BCUT2D eigenvalue weighted by atomic mass is 10.1. The van der Waals surface area contributed by atoms with Crippen LogP contribution in [0.4, 0.5) is 4.39 Å². The molecule has 5 nitrogen and oxygen atoms in total. The third kappa shape index (κ3) is 3.30. The number of hydrogen-bond donors (Lipinski definition) is 1. The summed E-state index contributed by atoms with van der Waals surface area (Å²) in [6.07, 6.45) is 2.76. The highest BCUT2D eigenvalue weighted by Crippen LogP contribution is 2.46. The van der Waals surface area contributed by atoms with Gasteiger partial charge in [0.1, 0.15) is 21.2 Å². The SMILES string of the molecule is CS(=O)(=O)CC1(CNC(=O)c2cc3cc(F)ccc3o2)CC1. The van der Waals surface area contributed by atoms with E-state index in [9.17, 15) is 17.6 Å². The van der Waals surface area contributed by atoms with Gasteiger partial charge in [-0.2, -0.15) is 0 Å². The Labute approximate surface area is 127 Å². The first-order chi connectivity index (χ1) is 10.3. The molecule has 2 aromatic rings. The average Bonchev–Trinajstić information content (AvgIpc) is 3.02. The predicted octanol–water partition coefficient (Wildman–Crippen LogP) is 2.13. The van der Waals surface area contributed by atoms with Gasteiger partial charge >= 0.3 is 0 Å². The zero-order chi connectivity index (χ0) is 16.0. The zero-order valence-electron chi connectivity index (χ0n) is 12.1. The van der Waals surface area contributed by atoms with Crippen LogP contribution in [0.2, 0.25) is 0 Å². The van der Waals surface area contributed by atoms with Gasteiger partial charge in [0.05, 0.1) is 5.75 Å². The number of fused-ring (bicyclic) bond motifs is 1. The van der Waals surface area contributed by atoms with Gasteiger partial charge in [0.2, 0.25) is 0 Å². The van der Waals surface area contributed by atoms with Crippen LogP contribution >= 0.6 is 0 Å². The second kappa shape index (κ2) is 5.08. The number of sulfone groups is 1. The van der Waals surface area contributed by atoms with Gasteiger partial charge in [-0.15, -0.1) is 0 Å². The van der Waals surface area contributed by atoms with Crippen molar-refractivity contribution in [2.75, 3.05) is 18.6 Å². The van der Waals surface area contributed by atoms with E-state index in [2.05, 4.69) is 5.32 Å². The number of amides is 1. The van der Waals surface area contributed by atoms with Crippen molar-refractivity contribution in [1.82, 2.24) is 5.32 Å². The molecule has 1 aliphatic carbocycles. The molecule has 1 aromatic carbocycles. The van der Waals surface area contributed by atoms with Crippen LogP contribution in [0.25, 0.3) is 11.0 Å². The van der Waals surface area contributed by atoms with Gasteiger partial charge in [-0.1, -0.05) is 0 Å². The highest BCUT2D eigenvalue weighted by molar-refractivity contribution is 7.90. The Morgan fingerprint density at radius 2 is 2.09 bits per heavy atom. The average molecular weight is 325 g/mol. The maximum Gasteiger partial charge on any atom is 0.287 e. The summed E-state index contributed by atoms with van der Waals surface area (Å²) in [7, 11) is -3.07. The number of carbonyl (C=O) groups excluding carboxylic acids is 1. The minimum Gasteiger partial charge on any atom is -0.451 e. The smallest absolute Gasteiger partial charge is 0.287 e. The molecule has 0 unspecified atom stereocenters. The first-order valence-electron chi connectivity index (χ1n) is 6.91. The van der Waals surface area contributed by atoms with E-state index in [-0.39, 0.29) is 16.9 Å². The summed E-state index contributed by atoms with van der Waals surface area (Å²) in [4.78, 5) is 12.1. The molecular formula is C15H16FNO4S. The molecule has 7 heteroatoms. The molecule has 0 radical (unpaired) electrons. The molecule has 0 aliphatic heterocycles. The number of halogens is 1. The summed E-state index contributed by atoms with van der Waals surface area (Å²) in [6, 6.07) is 5.50. The number of rotatable bonds is 5. The fourth-order valence-corrected chi connectivity index (χ4v) is 4.09. The third-order valence-electron chi connectivity index (χ3n) is 3.85. The van der Waals surface area contributed by atoms with E-state index in [1.807, 2.05) is 0 Å². The van der Waals surface area contributed by atoms with Crippen LogP contribution in [-0.4, -0.2) is 32.9 Å². The van der Waals surface area contributed by atoms with Crippen LogP contribution in [0.15, 0.2) is 28.7 Å². The molecule has 1 amide bonds. The number of furan rings is 1. The van der Waals surface area contributed by atoms with Crippen LogP contribution in [0.3, 0.4) is 0 Å². The summed E-state index contributed by atoms with van der Waals surface area (Å²) in [5, 5.41) is 3.23. The normalized spacial score (nSPS) is 16.6. The van der Waals surface area contributed by atoms with Crippen LogP contribution in [0.1, 0.15) is 23.4 Å². The molecule has 3 rings (SSSR count). The molecule has 1 aliphatic rings. The van der Waals surface area contributed by atoms with E-state index < -0.39 is 21.6 Å². The van der Waals surface area contributed by atoms with E-state index in [0.29, 0.717) is 17.5 Å². The Morgan fingerprint density at radius 3 is 2.73 bits per heavy atom. The molecule has 1 aromatic heterocycles. The monoisotopic (exact) mass is 325 g/mol. The lowest BCUT2D eigenvalue weighted by Gasteiger charge is -2.14. The van der Waals surface area contributed by atoms with Gasteiger partial charge in [-0.25, -0.2) is 12.8 Å². The highest BCUT2D eigenvalue weighted by atomic mass is 32.2. The van der Waals surface area contributed by atoms with Crippen molar-refractivity contribution in [3.8, 4) is 0 Å². The van der Waals surface area contributed by atoms with Crippen molar-refractivity contribution < 1.29 is 22.0 Å². The molecule has 1 N–H and O–H groups in total. The lowest BCUT2D eigenvalue weighted by Crippen LogP contribution is -2.33. The number of nitrogens with one attached hydrogen (secondary N) is 1. The van der Waals surface area contributed by atoms with E-state index in [1.165, 1.54) is 30.5 Å². The number of carbonyl (C=O) groups is 1. The van der Waals surface area contributed by atoms with Crippen molar-refractivity contribution in [3.63, 3.8) is 0 Å². The zero-order valence-corrected chi connectivity index (χ0v) is 12.9. The van der Waals surface area contributed by atoms with E-state index in [1.54, 1.807) is 0 Å². The Bertz CT molecular complexity index is 836. The summed E-state index contributed by atoms with van der Waals surface area (Å²) >= 11 is 0. The maximum absolute atomic E-state index is 13.1. The minimum absolute atomic E-state index is 0.0750. The predicted molar refractivity (Wildman–Crippen MR) is 79.9 cm³/mol. The fraction of sp³-hybridized carbons (Fsp3) is 0.400. The number of hydrogen-bond acceptors (Lipinski definition) is 4. The molecule has 0 saturated heterocycles. The second-order valence-electron chi connectivity index (χ2n) is 6.05. The molecule has 1 heterocycles. The standard InChI is InChI=1S/C15H16FNO4S/c1-22(19,20)9-15(4-5-15)8-17-14(18)13-7-10-6-11(16)2-3-12(10)21-13/h2-3,6-7H,4-5,8-9H2,1H3,(H,17,18). The highest BCUT2D eigenvalue weighted by Gasteiger charge is 2.45.